The van der Waals surface area contributed by atoms with Crippen molar-refractivity contribution in [1.29, 1.82) is 0 Å². The number of aliphatic hydroxyl groups is 1. The smallest absolute Gasteiger partial charge is 0.320 e. The van der Waals surface area contributed by atoms with E-state index in [4.69, 9.17) is 21.3 Å². The van der Waals surface area contributed by atoms with Gasteiger partial charge in [0.25, 0.3) is 0 Å². The van der Waals surface area contributed by atoms with Crippen LogP contribution in [-0.4, -0.2) is 68.1 Å². The number of nitrogens with one attached hydrogen (secondary N) is 3. The fourth-order valence-electron chi connectivity index (χ4n) is 1.42. The quantitative estimate of drug-likeness (QED) is 0.204. The maximum absolute atomic E-state index is 10.6. The molecule has 0 bridgehead atoms. The van der Waals surface area contributed by atoms with Crippen molar-refractivity contribution in [3.8, 4) is 0 Å². The SMILES string of the molecule is CNC(COC(N)C(O)C[C@H](N)C(=O)O)(NC)NC. The highest BCUT2D eigenvalue weighted by atomic mass is 16.5. The van der Waals surface area contributed by atoms with E-state index >= 15 is 0 Å². The third kappa shape index (κ3) is 5.78. The van der Waals surface area contributed by atoms with E-state index < -0.39 is 30.1 Å². The first-order valence-corrected chi connectivity index (χ1v) is 5.92. The predicted molar refractivity (Wildman–Crippen MR) is 70.1 cm³/mol. The van der Waals surface area contributed by atoms with E-state index in [2.05, 4.69) is 16.0 Å². The number of nitrogens with two attached hydrogens (primary N) is 2. The van der Waals surface area contributed by atoms with Gasteiger partial charge in [-0.2, -0.15) is 0 Å². The lowest BCUT2D eigenvalue weighted by Gasteiger charge is -2.34. The molecule has 0 rings (SSSR count). The van der Waals surface area contributed by atoms with E-state index in [1.165, 1.54) is 0 Å². The lowest BCUT2D eigenvalue weighted by Crippen LogP contribution is -2.67. The zero-order chi connectivity index (χ0) is 15.1. The van der Waals surface area contributed by atoms with Gasteiger partial charge in [-0.3, -0.25) is 20.7 Å². The minimum absolute atomic E-state index is 0.122. The highest BCUT2D eigenvalue weighted by Gasteiger charge is 2.28. The summed E-state index contributed by atoms with van der Waals surface area (Å²) in [6.45, 7) is 0.122. The number of carboxylic acid groups (broad SMARTS) is 1. The van der Waals surface area contributed by atoms with Crippen molar-refractivity contribution in [1.82, 2.24) is 16.0 Å². The number of aliphatic carboxylic acids is 1. The lowest BCUT2D eigenvalue weighted by molar-refractivity contribution is -0.140. The van der Waals surface area contributed by atoms with E-state index in [-0.39, 0.29) is 13.0 Å². The number of hydrogen-bond acceptors (Lipinski definition) is 8. The van der Waals surface area contributed by atoms with E-state index in [1.807, 2.05) is 0 Å². The number of ether oxygens (including phenoxy) is 1. The molecule has 3 atom stereocenters. The number of hydrogen-bond donors (Lipinski definition) is 7. The van der Waals surface area contributed by atoms with Gasteiger partial charge in [0.05, 0.1) is 12.7 Å². The molecule has 0 amide bonds. The Labute approximate surface area is 112 Å². The topological polar surface area (TPSA) is 155 Å². The summed E-state index contributed by atoms with van der Waals surface area (Å²) in [6.07, 6.45) is -2.36. The average molecular weight is 279 g/mol. The Morgan fingerprint density at radius 2 is 1.74 bits per heavy atom. The maximum Gasteiger partial charge on any atom is 0.320 e. The van der Waals surface area contributed by atoms with Crippen LogP contribution in [0.2, 0.25) is 0 Å². The minimum Gasteiger partial charge on any atom is -0.480 e. The summed E-state index contributed by atoms with van der Waals surface area (Å²) in [5, 5.41) is 27.2. The summed E-state index contributed by atoms with van der Waals surface area (Å²) in [5.74, 6) is -1.88. The molecule has 9 nitrogen and oxygen atoms in total. The van der Waals surface area contributed by atoms with Crippen LogP contribution in [0.4, 0.5) is 0 Å². The molecule has 114 valence electrons. The number of carboxylic acids is 1. The third-order valence-electron chi connectivity index (χ3n) is 2.96. The molecule has 0 saturated heterocycles. The van der Waals surface area contributed by atoms with Crippen LogP contribution in [0.1, 0.15) is 6.42 Å². The van der Waals surface area contributed by atoms with Crippen molar-refractivity contribution >= 4 is 5.97 Å². The first kappa shape index (κ1) is 18.2. The van der Waals surface area contributed by atoms with Crippen LogP contribution in [0.3, 0.4) is 0 Å². The van der Waals surface area contributed by atoms with Gasteiger partial charge in [0, 0.05) is 6.42 Å². The fourth-order valence-corrected chi connectivity index (χ4v) is 1.42. The van der Waals surface area contributed by atoms with Crippen molar-refractivity contribution in [2.75, 3.05) is 27.7 Å². The number of aliphatic hydroxyl groups excluding tert-OH is 1. The predicted octanol–water partition coefficient (Wildman–Crippen LogP) is -3.24. The largest absolute Gasteiger partial charge is 0.480 e. The Balaban J connectivity index is 4.29. The maximum atomic E-state index is 10.6. The summed E-state index contributed by atoms with van der Waals surface area (Å²) in [4.78, 5) is 10.6. The second-order valence-electron chi connectivity index (χ2n) is 4.18. The molecule has 2 unspecified atom stereocenters. The zero-order valence-corrected chi connectivity index (χ0v) is 11.5. The molecule has 0 spiro atoms. The van der Waals surface area contributed by atoms with Crippen LogP contribution < -0.4 is 27.4 Å². The van der Waals surface area contributed by atoms with Crippen LogP contribution in [-0.2, 0) is 9.53 Å². The molecule has 0 aliphatic heterocycles. The highest BCUT2D eigenvalue weighted by Crippen LogP contribution is 2.04. The summed E-state index contributed by atoms with van der Waals surface area (Å²) in [7, 11) is 5.16. The van der Waals surface area contributed by atoms with E-state index in [0.717, 1.165) is 0 Å². The van der Waals surface area contributed by atoms with Gasteiger partial charge in [0.1, 0.15) is 18.1 Å². The fraction of sp³-hybridized carbons (Fsp3) is 0.900. The first-order chi connectivity index (χ1) is 8.81. The molecule has 9 N–H and O–H groups in total. The Morgan fingerprint density at radius 1 is 1.26 bits per heavy atom. The third-order valence-corrected chi connectivity index (χ3v) is 2.96. The highest BCUT2D eigenvalue weighted by molar-refractivity contribution is 5.73. The van der Waals surface area contributed by atoms with Crippen LogP contribution in [0.5, 0.6) is 0 Å². The molecule has 0 aromatic carbocycles. The summed E-state index contributed by atoms with van der Waals surface area (Å²) < 4.78 is 5.31. The molecule has 0 aliphatic rings. The second kappa shape index (κ2) is 8.38. The van der Waals surface area contributed by atoms with Gasteiger partial charge in [-0.05, 0) is 21.1 Å². The van der Waals surface area contributed by atoms with Crippen LogP contribution in [0, 0.1) is 0 Å². The van der Waals surface area contributed by atoms with Gasteiger partial charge in [0.15, 0.2) is 0 Å². The Bertz CT molecular complexity index is 266. The van der Waals surface area contributed by atoms with Gasteiger partial charge >= 0.3 is 5.97 Å². The normalized spacial score (nSPS) is 16.9. The van der Waals surface area contributed by atoms with E-state index in [1.54, 1.807) is 21.1 Å². The molecule has 9 heteroatoms. The number of likely N-dealkylation sites (N-methyl/N-ethyl adjacent to an activating group) is 3. The van der Waals surface area contributed by atoms with Crippen LogP contribution >= 0.6 is 0 Å². The Morgan fingerprint density at radius 3 is 2.11 bits per heavy atom. The second-order valence-corrected chi connectivity index (χ2v) is 4.18. The molecular formula is C10H25N5O4. The first-order valence-electron chi connectivity index (χ1n) is 5.92. The molecule has 0 aromatic heterocycles. The summed E-state index contributed by atoms with van der Waals surface area (Å²) >= 11 is 0. The average Bonchev–Trinajstić information content (AvgIpc) is 2.40. The molecule has 0 saturated carbocycles. The van der Waals surface area contributed by atoms with E-state index in [9.17, 15) is 9.90 Å². The van der Waals surface area contributed by atoms with Crippen molar-refractivity contribution in [3.63, 3.8) is 0 Å². The van der Waals surface area contributed by atoms with Crippen LogP contribution in [0.25, 0.3) is 0 Å². The van der Waals surface area contributed by atoms with Crippen molar-refractivity contribution in [2.24, 2.45) is 11.5 Å². The number of rotatable bonds is 10. The van der Waals surface area contributed by atoms with Gasteiger partial charge in [-0.1, -0.05) is 0 Å². The summed E-state index contributed by atoms with van der Waals surface area (Å²) in [6, 6.07) is -1.17. The van der Waals surface area contributed by atoms with Gasteiger partial charge in [0.2, 0.25) is 0 Å². The van der Waals surface area contributed by atoms with Gasteiger partial charge in [-0.15, -0.1) is 0 Å². The summed E-state index contributed by atoms with van der Waals surface area (Å²) in [5.41, 5.74) is 10.9. The zero-order valence-electron chi connectivity index (χ0n) is 11.5. The lowest BCUT2D eigenvalue weighted by atomic mass is 10.1. The number of carbonyl (C=O) groups is 1. The molecule has 0 radical (unpaired) electrons. The van der Waals surface area contributed by atoms with Crippen molar-refractivity contribution in [3.05, 3.63) is 0 Å². The van der Waals surface area contributed by atoms with Gasteiger partial charge in [-0.25, -0.2) is 0 Å². The molecule has 0 heterocycles. The van der Waals surface area contributed by atoms with E-state index in [0.29, 0.717) is 0 Å². The molecule has 0 aromatic rings. The minimum atomic E-state index is -1.19. The molecule has 0 aliphatic carbocycles. The Hall–Kier alpha value is -0.810. The Kier molecular flexibility index (Phi) is 8.02. The van der Waals surface area contributed by atoms with Gasteiger partial charge < -0.3 is 26.4 Å². The molecular weight excluding hydrogens is 254 g/mol. The van der Waals surface area contributed by atoms with Crippen molar-refractivity contribution in [2.45, 2.75) is 30.6 Å². The standard InChI is InChI=1S/C10H25N5O4/c1-13-10(14-2,15-3)5-19-8(12)7(16)4-6(11)9(17)18/h6-8,13-16H,4-5,11-12H2,1-3H3,(H,17,18)/t6-,7?,8?/m0/s1. The van der Waals surface area contributed by atoms with Crippen molar-refractivity contribution < 1.29 is 19.7 Å². The molecule has 0 fully saturated rings. The monoisotopic (exact) mass is 279 g/mol. The van der Waals surface area contributed by atoms with Crippen LogP contribution in [0.15, 0.2) is 0 Å². The molecule has 19 heavy (non-hydrogen) atoms.